The van der Waals surface area contributed by atoms with Crippen molar-refractivity contribution in [2.45, 2.75) is 24.5 Å². The summed E-state index contributed by atoms with van der Waals surface area (Å²) in [6.07, 6.45) is 2.49. The molecule has 21 heavy (non-hydrogen) atoms. The molecule has 0 fully saturated rings. The monoisotopic (exact) mass is 328 g/mol. The standard InChI is InChI=1S/C13H20N4O2S2/c1-4-14-8-7-11-5-6-13(20-11)21(18,19)16-12-9-17(3)15-10(12)2/h5-6,9,14,16H,4,7-8H2,1-3H3. The lowest BCUT2D eigenvalue weighted by Gasteiger charge is -2.04. The largest absolute Gasteiger partial charge is 0.317 e. The number of hydrogen-bond donors (Lipinski definition) is 2. The number of nitrogens with zero attached hydrogens (tertiary/aromatic N) is 2. The van der Waals surface area contributed by atoms with Crippen LogP contribution < -0.4 is 10.0 Å². The van der Waals surface area contributed by atoms with Gasteiger partial charge < -0.3 is 5.32 Å². The van der Waals surface area contributed by atoms with Crippen LogP contribution in [0.4, 0.5) is 5.69 Å². The Labute approximate surface area is 129 Å². The van der Waals surface area contributed by atoms with Crippen LogP contribution in [0, 0.1) is 6.92 Å². The third-order valence-corrected chi connectivity index (χ3v) is 5.96. The van der Waals surface area contributed by atoms with Crippen LogP contribution in [-0.2, 0) is 23.5 Å². The van der Waals surface area contributed by atoms with Crippen LogP contribution >= 0.6 is 11.3 Å². The fourth-order valence-corrected chi connectivity index (χ4v) is 4.38. The number of anilines is 1. The summed E-state index contributed by atoms with van der Waals surface area (Å²) in [5.41, 5.74) is 1.17. The Bertz CT molecular complexity index is 704. The molecule has 6 nitrogen and oxygen atoms in total. The molecular formula is C13H20N4O2S2. The Morgan fingerprint density at radius 1 is 1.38 bits per heavy atom. The molecule has 0 aliphatic carbocycles. The third kappa shape index (κ3) is 4.05. The van der Waals surface area contributed by atoms with Crippen molar-refractivity contribution in [1.82, 2.24) is 15.1 Å². The van der Waals surface area contributed by atoms with Gasteiger partial charge in [-0.1, -0.05) is 6.92 Å². The van der Waals surface area contributed by atoms with E-state index in [1.54, 1.807) is 30.9 Å². The molecule has 0 unspecified atom stereocenters. The van der Waals surface area contributed by atoms with E-state index < -0.39 is 10.0 Å². The van der Waals surface area contributed by atoms with Gasteiger partial charge in [0.05, 0.1) is 11.4 Å². The highest BCUT2D eigenvalue weighted by Crippen LogP contribution is 2.25. The molecule has 8 heteroatoms. The molecule has 2 aromatic heterocycles. The van der Waals surface area contributed by atoms with E-state index >= 15 is 0 Å². The van der Waals surface area contributed by atoms with Crippen LogP contribution in [0.25, 0.3) is 0 Å². The van der Waals surface area contributed by atoms with Crippen molar-refractivity contribution < 1.29 is 8.42 Å². The quantitative estimate of drug-likeness (QED) is 0.759. The highest BCUT2D eigenvalue weighted by molar-refractivity contribution is 7.94. The molecule has 0 aliphatic rings. The molecule has 0 bridgehead atoms. The van der Waals surface area contributed by atoms with Crippen LogP contribution in [-0.4, -0.2) is 31.3 Å². The first kappa shape index (κ1) is 16.0. The van der Waals surface area contributed by atoms with Gasteiger partial charge in [0.15, 0.2) is 0 Å². The van der Waals surface area contributed by atoms with Gasteiger partial charge in [-0.05, 0) is 38.6 Å². The van der Waals surface area contributed by atoms with Gasteiger partial charge in [0.1, 0.15) is 4.21 Å². The van der Waals surface area contributed by atoms with E-state index in [1.807, 2.05) is 13.0 Å². The molecular weight excluding hydrogens is 308 g/mol. The van der Waals surface area contributed by atoms with Crippen LogP contribution in [0.1, 0.15) is 17.5 Å². The number of hydrogen-bond acceptors (Lipinski definition) is 5. The molecule has 0 saturated carbocycles. The highest BCUT2D eigenvalue weighted by atomic mass is 32.2. The summed E-state index contributed by atoms with van der Waals surface area (Å²) in [6.45, 7) is 5.59. The molecule has 0 amide bonds. The molecule has 0 saturated heterocycles. The average Bonchev–Trinajstić information content (AvgIpc) is 2.98. The Kier molecular flexibility index (Phi) is 5.02. The number of rotatable bonds is 7. The second-order valence-corrected chi connectivity index (χ2v) is 7.81. The minimum absolute atomic E-state index is 0.331. The topological polar surface area (TPSA) is 76.0 Å². The van der Waals surface area contributed by atoms with Crippen molar-refractivity contribution in [3.8, 4) is 0 Å². The molecule has 0 aromatic carbocycles. The summed E-state index contributed by atoms with van der Waals surface area (Å²) in [7, 11) is -1.78. The fraction of sp³-hybridized carbons (Fsp3) is 0.462. The summed E-state index contributed by atoms with van der Waals surface area (Å²) < 4.78 is 29.2. The summed E-state index contributed by atoms with van der Waals surface area (Å²) in [5.74, 6) is 0. The fourth-order valence-electron chi connectivity index (χ4n) is 1.92. The summed E-state index contributed by atoms with van der Waals surface area (Å²) in [5, 5.41) is 7.35. The first-order valence-electron chi connectivity index (χ1n) is 6.75. The van der Waals surface area contributed by atoms with Crippen LogP contribution in [0.15, 0.2) is 22.5 Å². The predicted molar refractivity (Wildman–Crippen MR) is 85.3 cm³/mol. The Morgan fingerprint density at radius 2 is 2.14 bits per heavy atom. The SMILES string of the molecule is CCNCCc1ccc(S(=O)(=O)Nc2cn(C)nc2C)s1. The maximum atomic E-state index is 12.4. The molecule has 2 aromatic rings. The lowest BCUT2D eigenvalue weighted by molar-refractivity contribution is 0.603. The van der Waals surface area contributed by atoms with Gasteiger partial charge >= 0.3 is 0 Å². The maximum absolute atomic E-state index is 12.4. The van der Waals surface area contributed by atoms with Crippen molar-refractivity contribution >= 4 is 27.0 Å². The molecule has 0 radical (unpaired) electrons. The number of sulfonamides is 1. The average molecular weight is 328 g/mol. The summed E-state index contributed by atoms with van der Waals surface area (Å²) in [6, 6.07) is 3.52. The zero-order chi connectivity index (χ0) is 15.5. The van der Waals surface area contributed by atoms with Gasteiger partial charge in [-0.25, -0.2) is 8.42 Å². The second kappa shape index (κ2) is 6.59. The molecule has 2 heterocycles. The van der Waals surface area contributed by atoms with Gasteiger partial charge in [0.2, 0.25) is 0 Å². The van der Waals surface area contributed by atoms with Crippen LogP contribution in [0.5, 0.6) is 0 Å². The Hall–Kier alpha value is -1.38. The molecule has 0 spiro atoms. The van der Waals surface area contributed by atoms with E-state index in [0.717, 1.165) is 24.4 Å². The first-order valence-corrected chi connectivity index (χ1v) is 9.05. The van der Waals surface area contributed by atoms with Gasteiger partial charge in [0.25, 0.3) is 10.0 Å². The highest BCUT2D eigenvalue weighted by Gasteiger charge is 2.19. The van der Waals surface area contributed by atoms with Gasteiger partial charge in [0, 0.05) is 18.1 Å². The van der Waals surface area contributed by atoms with Crippen LogP contribution in [0.2, 0.25) is 0 Å². The zero-order valence-corrected chi connectivity index (χ0v) is 14.0. The van der Waals surface area contributed by atoms with Crippen molar-refractivity contribution in [2.24, 2.45) is 7.05 Å². The molecule has 0 atom stereocenters. The third-order valence-electron chi connectivity index (χ3n) is 2.96. The summed E-state index contributed by atoms with van der Waals surface area (Å²) in [4.78, 5) is 1.05. The van der Waals surface area contributed by atoms with Crippen molar-refractivity contribution in [3.05, 3.63) is 28.9 Å². The van der Waals surface area contributed by atoms with E-state index in [2.05, 4.69) is 15.1 Å². The van der Waals surface area contributed by atoms with Crippen molar-refractivity contribution in [1.29, 1.82) is 0 Å². The molecule has 116 valence electrons. The van der Waals surface area contributed by atoms with Crippen molar-refractivity contribution in [3.63, 3.8) is 0 Å². The van der Waals surface area contributed by atoms with E-state index in [1.165, 1.54) is 11.3 Å². The number of likely N-dealkylation sites (N-methyl/N-ethyl adjacent to an activating group) is 1. The number of nitrogens with one attached hydrogen (secondary N) is 2. The lowest BCUT2D eigenvalue weighted by Crippen LogP contribution is -2.15. The molecule has 2 rings (SSSR count). The number of thiophene rings is 1. The summed E-state index contributed by atoms with van der Waals surface area (Å²) >= 11 is 1.30. The molecule has 2 N–H and O–H groups in total. The Balaban J connectivity index is 2.11. The van der Waals surface area contributed by atoms with E-state index in [9.17, 15) is 8.42 Å². The van der Waals surface area contributed by atoms with Crippen LogP contribution in [0.3, 0.4) is 0 Å². The number of aromatic nitrogens is 2. The van der Waals surface area contributed by atoms with E-state index in [4.69, 9.17) is 0 Å². The predicted octanol–water partition coefficient (Wildman–Crippen LogP) is 1.74. The van der Waals surface area contributed by atoms with E-state index in [-0.39, 0.29) is 0 Å². The lowest BCUT2D eigenvalue weighted by atomic mass is 10.3. The normalized spacial score (nSPS) is 11.8. The first-order chi connectivity index (χ1) is 9.92. The zero-order valence-electron chi connectivity index (χ0n) is 12.4. The number of aryl methyl sites for hydroxylation is 2. The minimum Gasteiger partial charge on any atom is -0.317 e. The van der Waals surface area contributed by atoms with Crippen molar-refractivity contribution in [2.75, 3.05) is 17.8 Å². The maximum Gasteiger partial charge on any atom is 0.271 e. The van der Waals surface area contributed by atoms with Gasteiger partial charge in [-0.15, -0.1) is 11.3 Å². The molecule has 0 aliphatic heterocycles. The smallest absolute Gasteiger partial charge is 0.271 e. The Morgan fingerprint density at radius 3 is 2.76 bits per heavy atom. The minimum atomic E-state index is -3.54. The second-order valence-electron chi connectivity index (χ2n) is 4.73. The van der Waals surface area contributed by atoms with E-state index in [0.29, 0.717) is 15.6 Å². The van der Waals surface area contributed by atoms with Gasteiger partial charge in [-0.2, -0.15) is 5.10 Å². The van der Waals surface area contributed by atoms with Gasteiger partial charge in [-0.3, -0.25) is 9.40 Å².